The van der Waals surface area contributed by atoms with Gasteiger partial charge in [0, 0.05) is 31.8 Å². The molecule has 4 N–H and O–H groups in total. The summed E-state index contributed by atoms with van der Waals surface area (Å²) in [5, 5.41) is 28.0. The number of nitrogens with zero attached hydrogens (tertiary/aromatic N) is 1. The molecule has 2 fully saturated rings. The fourth-order valence-electron chi connectivity index (χ4n) is 3.34. The lowest BCUT2D eigenvalue weighted by molar-refractivity contribution is -0.192. The first kappa shape index (κ1) is 30.4. The van der Waals surface area contributed by atoms with E-state index in [9.17, 15) is 18.0 Å². The van der Waals surface area contributed by atoms with Crippen molar-refractivity contribution in [2.75, 3.05) is 26.3 Å². The Labute approximate surface area is 188 Å². The van der Waals surface area contributed by atoms with Crippen LogP contribution in [0.15, 0.2) is 0 Å². The van der Waals surface area contributed by atoms with Crippen molar-refractivity contribution in [2.45, 2.75) is 96.0 Å². The van der Waals surface area contributed by atoms with Gasteiger partial charge in [-0.2, -0.15) is 13.2 Å². The first-order valence-corrected chi connectivity index (χ1v) is 11.1. The third-order valence-corrected chi connectivity index (χ3v) is 4.85. The second kappa shape index (κ2) is 15.3. The smallest absolute Gasteiger partial charge is 0.475 e. The number of hydrogen-bond donors (Lipinski definition) is 4. The van der Waals surface area contributed by atoms with Crippen LogP contribution >= 0.6 is 0 Å². The van der Waals surface area contributed by atoms with E-state index in [1.165, 1.54) is 19.3 Å². The van der Waals surface area contributed by atoms with E-state index in [-0.39, 0.29) is 18.7 Å². The zero-order valence-corrected chi connectivity index (χ0v) is 19.3. The Morgan fingerprint density at radius 1 is 1.00 bits per heavy atom. The third-order valence-electron chi connectivity index (χ3n) is 4.85. The summed E-state index contributed by atoms with van der Waals surface area (Å²) in [6, 6.07) is 0.748. The van der Waals surface area contributed by atoms with Gasteiger partial charge in [0.1, 0.15) is 5.60 Å². The van der Waals surface area contributed by atoms with E-state index in [0.29, 0.717) is 19.1 Å². The molecule has 0 spiro atoms. The minimum absolute atomic E-state index is 0.129. The number of aliphatic hydroxyl groups is 2. The predicted molar refractivity (Wildman–Crippen MR) is 113 cm³/mol. The summed E-state index contributed by atoms with van der Waals surface area (Å²) in [5.74, 6) is -2.76. The van der Waals surface area contributed by atoms with Gasteiger partial charge in [0.2, 0.25) is 0 Å². The molecule has 1 amide bonds. The zero-order chi connectivity index (χ0) is 24.8. The number of rotatable bonds is 4. The highest BCUT2D eigenvalue weighted by atomic mass is 19.4. The fraction of sp³-hybridized carbons (Fsp3) is 0.905. The van der Waals surface area contributed by atoms with Crippen molar-refractivity contribution in [1.82, 2.24) is 10.2 Å². The number of likely N-dealkylation sites (tertiary alicyclic amines) is 1. The molecule has 2 aliphatic heterocycles. The van der Waals surface area contributed by atoms with E-state index >= 15 is 0 Å². The number of nitrogens with one attached hydrogen (secondary N) is 1. The lowest BCUT2D eigenvalue weighted by Crippen LogP contribution is -2.46. The van der Waals surface area contributed by atoms with Gasteiger partial charge in [-0.05, 0) is 72.3 Å². The maximum Gasteiger partial charge on any atom is 0.490 e. The number of carbonyl (C=O) groups is 2. The molecule has 0 aliphatic carbocycles. The average molecular weight is 473 g/mol. The van der Waals surface area contributed by atoms with E-state index in [1.54, 1.807) is 4.90 Å². The Kier molecular flexibility index (Phi) is 14.5. The molecule has 0 radical (unpaired) electrons. The fourth-order valence-corrected chi connectivity index (χ4v) is 3.34. The molecule has 0 aromatic rings. The number of aliphatic hydroxyl groups excluding tert-OH is 2. The topological polar surface area (TPSA) is 119 Å². The van der Waals surface area contributed by atoms with E-state index < -0.39 is 17.7 Å². The summed E-state index contributed by atoms with van der Waals surface area (Å²) >= 11 is 0. The molecule has 0 aromatic heterocycles. The van der Waals surface area contributed by atoms with Crippen LogP contribution in [0.4, 0.5) is 18.0 Å². The van der Waals surface area contributed by atoms with Crippen LogP contribution in [0.3, 0.4) is 0 Å². The zero-order valence-electron chi connectivity index (χ0n) is 19.3. The Bertz CT molecular complexity index is 530. The molecule has 190 valence electrons. The lowest BCUT2D eigenvalue weighted by Gasteiger charge is -2.36. The van der Waals surface area contributed by atoms with Crippen LogP contribution in [0.1, 0.15) is 72.1 Å². The van der Waals surface area contributed by atoms with Crippen LogP contribution in [0.2, 0.25) is 0 Å². The monoisotopic (exact) mass is 472 g/mol. The Balaban J connectivity index is 0.000000506. The first-order chi connectivity index (χ1) is 14.8. The standard InChI is InChI=1S/C12H23NO3.C7H15NO.C2HF3O2/c1-12(2,3)16-11(15)13-8-5-4-6-10(13)7-9-14;9-6-4-7-3-1-2-5-8-7;3-2(4,5)1(6)7/h10,14H,4-9H2,1-3H3;7-9H,1-6H2;(H,6,7)/t10-;7-;/m00./s1. The van der Waals surface area contributed by atoms with E-state index in [4.69, 9.17) is 24.9 Å². The minimum atomic E-state index is -5.08. The summed E-state index contributed by atoms with van der Waals surface area (Å²) in [6.45, 7) is 7.97. The largest absolute Gasteiger partial charge is 0.490 e. The number of hydrogen-bond acceptors (Lipinski definition) is 6. The van der Waals surface area contributed by atoms with Gasteiger partial charge in [-0.15, -0.1) is 0 Å². The molecule has 0 saturated carbocycles. The van der Waals surface area contributed by atoms with Crippen LogP contribution in [0.5, 0.6) is 0 Å². The summed E-state index contributed by atoms with van der Waals surface area (Å²) in [4.78, 5) is 22.6. The molecule has 2 heterocycles. The van der Waals surface area contributed by atoms with Crippen LogP contribution in [-0.4, -0.2) is 82.4 Å². The molecule has 32 heavy (non-hydrogen) atoms. The van der Waals surface area contributed by atoms with Crippen molar-refractivity contribution in [2.24, 2.45) is 0 Å². The molecular weight excluding hydrogens is 433 g/mol. The summed E-state index contributed by atoms with van der Waals surface area (Å²) in [7, 11) is 0. The van der Waals surface area contributed by atoms with Gasteiger partial charge < -0.3 is 30.3 Å². The average Bonchev–Trinajstić information content (AvgIpc) is 2.69. The highest BCUT2D eigenvalue weighted by Crippen LogP contribution is 2.22. The molecule has 11 heteroatoms. The maximum atomic E-state index is 11.9. The Morgan fingerprint density at radius 3 is 2.00 bits per heavy atom. The summed E-state index contributed by atoms with van der Waals surface area (Å²) in [6.07, 6.45) is 3.27. The SMILES string of the molecule is CC(C)(C)OC(=O)N1CCCC[C@H]1CCO.O=C(O)C(F)(F)F.OCC[C@@H]1CCCCN1. The van der Waals surface area contributed by atoms with Crippen molar-refractivity contribution in [3.63, 3.8) is 0 Å². The third kappa shape index (κ3) is 14.5. The highest BCUT2D eigenvalue weighted by molar-refractivity contribution is 5.73. The van der Waals surface area contributed by atoms with Crippen molar-refractivity contribution in [3.8, 4) is 0 Å². The van der Waals surface area contributed by atoms with Gasteiger partial charge in [0.05, 0.1) is 0 Å². The molecule has 0 unspecified atom stereocenters. The van der Waals surface area contributed by atoms with E-state index in [0.717, 1.165) is 38.8 Å². The second-order valence-corrected chi connectivity index (χ2v) is 8.80. The van der Waals surface area contributed by atoms with Crippen molar-refractivity contribution >= 4 is 12.1 Å². The van der Waals surface area contributed by atoms with Gasteiger partial charge in [-0.1, -0.05) is 6.42 Å². The number of aliphatic carboxylic acids is 1. The second-order valence-electron chi connectivity index (χ2n) is 8.80. The predicted octanol–water partition coefficient (Wildman–Crippen LogP) is 3.30. The number of carboxylic acid groups (broad SMARTS) is 1. The van der Waals surface area contributed by atoms with Crippen LogP contribution in [0, 0.1) is 0 Å². The number of carboxylic acids is 1. The summed E-state index contributed by atoms with van der Waals surface area (Å²) < 4.78 is 37.1. The highest BCUT2D eigenvalue weighted by Gasteiger charge is 2.38. The number of halogens is 3. The minimum Gasteiger partial charge on any atom is -0.475 e. The number of amides is 1. The van der Waals surface area contributed by atoms with Crippen LogP contribution < -0.4 is 5.32 Å². The first-order valence-electron chi connectivity index (χ1n) is 11.1. The van der Waals surface area contributed by atoms with Crippen LogP contribution in [-0.2, 0) is 9.53 Å². The number of ether oxygens (including phenoxy) is 1. The van der Waals surface area contributed by atoms with E-state index in [2.05, 4.69) is 5.32 Å². The molecule has 2 rings (SSSR count). The normalized spacial score (nSPS) is 21.4. The van der Waals surface area contributed by atoms with Gasteiger partial charge in [0.15, 0.2) is 0 Å². The number of carbonyl (C=O) groups excluding carboxylic acids is 1. The molecule has 2 saturated heterocycles. The summed E-state index contributed by atoms with van der Waals surface area (Å²) in [5.41, 5.74) is -0.446. The van der Waals surface area contributed by atoms with E-state index in [1.807, 2.05) is 20.8 Å². The van der Waals surface area contributed by atoms with Crippen molar-refractivity contribution in [1.29, 1.82) is 0 Å². The Morgan fingerprint density at radius 2 is 1.56 bits per heavy atom. The molecular formula is C21H39F3N2O6. The Hall–Kier alpha value is -1.59. The van der Waals surface area contributed by atoms with Crippen molar-refractivity contribution < 1.29 is 42.8 Å². The maximum absolute atomic E-state index is 11.9. The molecule has 0 bridgehead atoms. The van der Waals surface area contributed by atoms with Gasteiger partial charge in [-0.25, -0.2) is 9.59 Å². The molecule has 2 atom stereocenters. The lowest BCUT2D eigenvalue weighted by atomic mass is 10.0. The van der Waals surface area contributed by atoms with Gasteiger partial charge in [0.25, 0.3) is 0 Å². The number of piperidine rings is 2. The quantitative estimate of drug-likeness (QED) is 0.496. The van der Waals surface area contributed by atoms with Gasteiger partial charge in [-0.3, -0.25) is 0 Å². The van der Waals surface area contributed by atoms with Gasteiger partial charge >= 0.3 is 18.2 Å². The molecule has 2 aliphatic rings. The van der Waals surface area contributed by atoms with Crippen LogP contribution in [0.25, 0.3) is 0 Å². The van der Waals surface area contributed by atoms with Crippen molar-refractivity contribution in [3.05, 3.63) is 0 Å². The number of alkyl halides is 3. The molecule has 0 aromatic carbocycles. The molecule has 8 nitrogen and oxygen atoms in total.